The summed E-state index contributed by atoms with van der Waals surface area (Å²) in [5, 5.41) is 11.4. The summed E-state index contributed by atoms with van der Waals surface area (Å²) in [5.74, 6) is 0.536. The first-order chi connectivity index (χ1) is 12.7. The van der Waals surface area contributed by atoms with E-state index in [1.807, 2.05) is 6.08 Å². The molecule has 1 aromatic carbocycles. The van der Waals surface area contributed by atoms with Gasteiger partial charge >= 0.3 is 6.09 Å². The SMILES string of the molecule is COc1ccc([N+](=O)[O-])c2c1C(c1cn(C(=O)OC(C)(C)C)cn1)=CCC2. The number of carbonyl (C=O) groups is 1. The molecule has 1 aromatic heterocycles. The third kappa shape index (κ3) is 3.69. The lowest BCUT2D eigenvalue weighted by atomic mass is 9.87. The Kier molecular flexibility index (Phi) is 4.73. The Hall–Kier alpha value is -3.16. The Morgan fingerprint density at radius 1 is 1.33 bits per heavy atom. The monoisotopic (exact) mass is 371 g/mol. The number of methoxy groups -OCH3 is 1. The number of nitro groups is 1. The molecule has 0 saturated carbocycles. The van der Waals surface area contributed by atoms with Crippen molar-refractivity contribution in [3.8, 4) is 5.75 Å². The maximum Gasteiger partial charge on any atom is 0.419 e. The summed E-state index contributed by atoms with van der Waals surface area (Å²) in [6, 6.07) is 3.04. The topological polar surface area (TPSA) is 96.5 Å². The summed E-state index contributed by atoms with van der Waals surface area (Å²) in [6.07, 6.45) is 5.53. The van der Waals surface area contributed by atoms with Gasteiger partial charge in [-0.15, -0.1) is 0 Å². The number of allylic oxidation sites excluding steroid dienone is 1. The van der Waals surface area contributed by atoms with Gasteiger partial charge in [-0.2, -0.15) is 0 Å². The van der Waals surface area contributed by atoms with E-state index >= 15 is 0 Å². The Bertz CT molecular complexity index is 937. The Labute approximate surface area is 156 Å². The molecule has 0 atom stereocenters. The molecule has 8 heteroatoms. The summed E-state index contributed by atoms with van der Waals surface area (Å²) in [7, 11) is 1.52. The van der Waals surface area contributed by atoms with Crippen molar-refractivity contribution in [3.63, 3.8) is 0 Å². The van der Waals surface area contributed by atoms with Crippen LogP contribution >= 0.6 is 0 Å². The molecule has 0 radical (unpaired) electrons. The summed E-state index contributed by atoms with van der Waals surface area (Å²) in [4.78, 5) is 27.6. The normalized spacial score (nSPS) is 13.6. The van der Waals surface area contributed by atoms with Gasteiger partial charge in [0, 0.05) is 29.0 Å². The molecule has 1 heterocycles. The number of imidazole rings is 1. The van der Waals surface area contributed by atoms with Crippen LogP contribution in [0.25, 0.3) is 5.57 Å². The molecule has 0 fully saturated rings. The van der Waals surface area contributed by atoms with E-state index in [-0.39, 0.29) is 10.6 Å². The third-order valence-electron chi connectivity index (χ3n) is 4.14. The highest BCUT2D eigenvalue weighted by Gasteiger charge is 2.28. The second-order valence-electron chi connectivity index (χ2n) is 7.20. The molecule has 3 rings (SSSR count). The van der Waals surface area contributed by atoms with E-state index in [4.69, 9.17) is 9.47 Å². The van der Waals surface area contributed by atoms with Crippen molar-refractivity contribution >= 4 is 17.4 Å². The van der Waals surface area contributed by atoms with Crippen LogP contribution in [0.15, 0.2) is 30.7 Å². The average molecular weight is 371 g/mol. The molecule has 1 aliphatic rings. The molecule has 27 heavy (non-hydrogen) atoms. The van der Waals surface area contributed by atoms with Crippen molar-refractivity contribution in [2.24, 2.45) is 0 Å². The fourth-order valence-electron chi connectivity index (χ4n) is 3.08. The lowest BCUT2D eigenvalue weighted by Gasteiger charge is -2.20. The van der Waals surface area contributed by atoms with Gasteiger partial charge in [-0.3, -0.25) is 10.1 Å². The molecular weight excluding hydrogens is 350 g/mol. The second kappa shape index (κ2) is 6.86. The maximum atomic E-state index is 12.2. The molecule has 1 aliphatic carbocycles. The van der Waals surface area contributed by atoms with Crippen LogP contribution in [0.2, 0.25) is 0 Å². The smallest absolute Gasteiger partial charge is 0.419 e. The van der Waals surface area contributed by atoms with Gasteiger partial charge in [-0.25, -0.2) is 14.3 Å². The summed E-state index contributed by atoms with van der Waals surface area (Å²) < 4.78 is 12.0. The minimum atomic E-state index is -0.623. The molecule has 2 aromatic rings. The fourth-order valence-corrected chi connectivity index (χ4v) is 3.08. The lowest BCUT2D eigenvalue weighted by Crippen LogP contribution is -2.26. The number of nitro benzene ring substituents is 1. The van der Waals surface area contributed by atoms with E-state index in [0.717, 1.165) is 0 Å². The first-order valence-electron chi connectivity index (χ1n) is 8.54. The molecule has 0 spiro atoms. The van der Waals surface area contributed by atoms with Crippen molar-refractivity contribution in [1.82, 2.24) is 9.55 Å². The van der Waals surface area contributed by atoms with E-state index in [2.05, 4.69) is 4.98 Å². The Morgan fingerprint density at radius 3 is 2.70 bits per heavy atom. The number of hydrogen-bond acceptors (Lipinski definition) is 6. The van der Waals surface area contributed by atoms with Crippen molar-refractivity contribution in [1.29, 1.82) is 0 Å². The van der Waals surface area contributed by atoms with E-state index in [1.54, 1.807) is 33.0 Å². The van der Waals surface area contributed by atoms with Gasteiger partial charge in [0.2, 0.25) is 0 Å². The van der Waals surface area contributed by atoms with Gasteiger partial charge in [0.15, 0.2) is 0 Å². The zero-order chi connectivity index (χ0) is 19.8. The van der Waals surface area contributed by atoms with Crippen LogP contribution < -0.4 is 4.74 Å². The van der Waals surface area contributed by atoms with Crippen LogP contribution in [0.1, 0.15) is 44.0 Å². The number of hydrogen-bond donors (Lipinski definition) is 0. The van der Waals surface area contributed by atoms with E-state index < -0.39 is 11.7 Å². The zero-order valence-electron chi connectivity index (χ0n) is 15.7. The number of nitrogens with zero attached hydrogens (tertiary/aromatic N) is 3. The van der Waals surface area contributed by atoms with E-state index in [1.165, 1.54) is 24.1 Å². The highest BCUT2D eigenvalue weighted by Crippen LogP contribution is 2.41. The van der Waals surface area contributed by atoms with Crippen LogP contribution in [0, 0.1) is 10.1 Å². The van der Waals surface area contributed by atoms with E-state index in [0.29, 0.717) is 41.0 Å². The summed E-state index contributed by atoms with van der Waals surface area (Å²) in [6.45, 7) is 5.35. The van der Waals surface area contributed by atoms with Gasteiger partial charge in [0.05, 0.1) is 17.7 Å². The van der Waals surface area contributed by atoms with Gasteiger partial charge < -0.3 is 9.47 Å². The molecule has 0 unspecified atom stereocenters. The number of benzene rings is 1. The standard InChI is InChI=1S/C19H21N3O5/c1-19(2,3)27-18(23)21-10-14(20-11-21)12-6-5-7-13-15(22(24)25)8-9-16(26-4)17(12)13/h6,8-11H,5,7H2,1-4H3. The average Bonchev–Trinajstić information content (AvgIpc) is 3.08. The molecule has 0 N–H and O–H groups in total. The minimum absolute atomic E-state index is 0.0583. The van der Waals surface area contributed by atoms with E-state index in [9.17, 15) is 14.9 Å². The van der Waals surface area contributed by atoms with Crippen LogP contribution in [0.5, 0.6) is 5.75 Å². The second-order valence-corrected chi connectivity index (χ2v) is 7.20. The molecular formula is C19H21N3O5. The quantitative estimate of drug-likeness (QED) is 0.598. The molecule has 0 aliphatic heterocycles. The summed E-state index contributed by atoms with van der Waals surface area (Å²) >= 11 is 0. The molecule has 0 amide bonds. The number of carbonyl (C=O) groups excluding carboxylic acids is 1. The van der Waals surface area contributed by atoms with Crippen molar-refractivity contribution < 1.29 is 19.2 Å². The van der Waals surface area contributed by atoms with Crippen molar-refractivity contribution in [2.45, 2.75) is 39.2 Å². The number of fused-ring (bicyclic) bond motifs is 1. The zero-order valence-corrected chi connectivity index (χ0v) is 15.7. The first-order valence-corrected chi connectivity index (χ1v) is 8.54. The third-order valence-corrected chi connectivity index (χ3v) is 4.14. The minimum Gasteiger partial charge on any atom is -0.496 e. The number of ether oxygens (including phenoxy) is 2. The number of rotatable bonds is 3. The van der Waals surface area contributed by atoms with Gasteiger partial charge in [0.1, 0.15) is 17.7 Å². The fraction of sp³-hybridized carbons (Fsp3) is 0.368. The van der Waals surface area contributed by atoms with Crippen LogP contribution in [-0.4, -0.2) is 33.3 Å². The van der Waals surface area contributed by atoms with Crippen LogP contribution in [0.4, 0.5) is 10.5 Å². The highest BCUT2D eigenvalue weighted by atomic mass is 16.6. The maximum absolute atomic E-state index is 12.2. The van der Waals surface area contributed by atoms with Gasteiger partial charge in [-0.1, -0.05) is 6.08 Å². The highest BCUT2D eigenvalue weighted by molar-refractivity contribution is 5.86. The van der Waals surface area contributed by atoms with Gasteiger partial charge in [-0.05, 0) is 39.7 Å². The number of aromatic nitrogens is 2. The van der Waals surface area contributed by atoms with Crippen molar-refractivity contribution in [3.05, 3.63) is 57.7 Å². The molecule has 0 bridgehead atoms. The largest absolute Gasteiger partial charge is 0.496 e. The summed E-state index contributed by atoms with van der Waals surface area (Å²) in [5.41, 5.74) is 1.93. The Balaban J connectivity index is 2.04. The first kappa shape index (κ1) is 18.6. The predicted octanol–water partition coefficient (Wildman–Crippen LogP) is 3.96. The lowest BCUT2D eigenvalue weighted by molar-refractivity contribution is -0.385. The molecule has 142 valence electrons. The van der Waals surface area contributed by atoms with Crippen LogP contribution in [0.3, 0.4) is 0 Å². The molecule has 8 nitrogen and oxygen atoms in total. The van der Waals surface area contributed by atoms with Crippen LogP contribution in [-0.2, 0) is 11.2 Å². The Morgan fingerprint density at radius 2 is 2.07 bits per heavy atom. The van der Waals surface area contributed by atoms with Crippen molar-refractivity contribution in [2.75, 3.05) is 7.11 Å². The predicted molar refractivity (Wildman–Crippen MR) is 98.9 cm³/mol. The molecule has 0 saturated heterocycles. The van der Waals surface area contributed by atoms with Gasteiger partial charge in [0.25, 0.3) is 5.69 Å².